The van der Waals surface area contributed by atoms with Crippen LogP contribution in [-0.2, 0) is 16.1 Å². The zero-order valence-electron chi connectivity index (χ0n) is 10.5. The highest BCUT2D eigenvalue weighted by Crippen LogP contribution is 2.22. The first-order valence-electron chi connectivity index (χ1n) is 6.03. The van der Waals surface area contributed by atoms with E-state index in [4.69, 9.17) is 5.26 Å². The molecule has 0 saturated carbocycles. The molecule has 2 amide bonds. The Morgan fingerprint density at radius 2 is 2.00 bits per heavy atom. The molecule has 1 aromatic carbocycles. The van der Waals surface area contributed by atoms with Gasteiger partial charge in [-0.3, -0.25) is 14.5 Å². The number of hydrogen-bond acceptors (Lipinski definition) is 3. The molecule has 19 heavy (non-hydrogen) atoms. The van der Waals surface area contributed by atoms with Gasteiger partial charge in [-0.2, -0.15) is 5.26 Å². The maximum absolute atomic E-state index is 13.6. The molecule has 1 aromatic rings. The van der Waals surface area contributed by atoms with Gasteiger partial charge in [0.15, 0.2) is 0 Å². The quantitative estimate of drug-likeness (QED) is 0.764. The minimum absolute atomic E-state index is 0.0338. The van der Waals surface area contributed by atoms with Crippen LogP contribution in [0.25, 0.3) is 0 Å². The number of benzene rings is 1. The van der Waals surface area contributed by atoms with Gasteiger partial charge >= 0.3 is 0 Å². The number of nitriles is 1. The van der Waals surface area contributed by atoms with Crippen LogP contribution in [0.5, 0.6) is 0 Å². The minimum atomic E-state index is -0.516. The van der Waals surface area contributed by atoms with E-state index < -0.39 is 5.82 Å². The van der Waals surface area contributed by atoms with Crippen molar-refractivity contribution in [2.45, 2.75) is 26.3 Å². The van der Waals surface area contributed by atoms with E-state index in [0.29, 0.717) is 18.4 Å². The predicted molar refractivity (Wildman–Crippen MR) is 65.1 cm³/mol. The Hall–Kier alpha value is -2.22. The summed E-state index contributed by atoms with van der Waals surface area (Å²) in [6, 6.07) is 5.81. The van der Waals surface area contributed by atoms with Crippen LogP contribution in [0.15, 0.2) is 18.2 Å². The van der Waals surface area contributed by atoms with Gasteiger partial charge < -0.3 is 0 Å². The molecule has 0 aliphatic carbocycles. The summed E-state index contributed by atoms with van der Waals surface area (Å²) in [5.41, 5.74) is 0.497. The smallest absolute Gasteiger partial charge is 0.229 e. The van der Waals surface area contributed by atoms with Gasteiger partial charge in [-0.25, -0.2) is 4.39 Å². The van der Waals surface area contributed by atoms with Crippen LogP contribution >= 0.6 is 0 Å². The summed E-state index contributed by atoms with van der Waals surface area (Å²) >= 11 is 0. The van der Waals surface area contributed by atoms with Gasteiger partial charge in [0.25, 0.3) is 0 Å². The molecule has 1 heterocycles. The molecule has 1 fully saturated rings. The molecule has 0 radical (unpaired) electrons. The number of piperidine rings is 1. The molecule has 0 atom stereocenters. The van der Waals surface area contributed by atoms with E-state index in [2.05, 4.69) is 0 Å². The highest BCUT2D eigenvalue weighted by molar-refractivity contribution is 5.97. The second kappa shape index (κ2) is 5.19. The monoisotopic (exact) mass is 260 g/mol. The number of carbonyl (C=O) groups excluding carboxylic acids is 2. The van der Waals surface area contributed by atoms with Gasteiger partial charge in [-0.15, -0.1) is 0 Å². The van der Waals surface area contributed by atoms with Crippen molar-refractivity contribution in [1.82, 2.24) is 4.90 Å². The highest BCUT2D eigenvalue weighted by Gasteiger charge is 2.30. The van der Waals surface area contributed by atoms with Gasteiger partial charge in [-0.1, -0.05) is 6.92 Å². The third-order valence-electron chi connectivity index (χ3n) is 3.15. The molecule has 1 aliphatic rings. The van der Waals surface area contributed by atoms with Crippen molar-refractivity contribution in [2.24, 2.45) is 5.92 Å². The molecule has 0 aromatic heterocycles. The van der Waals surface area contributed by atoms with Crippen LogP contribution in [0.3, 0.4) is 0 Å². The Morgan fingerprint density at radius 3 is 2.58 bits per heavy atom. The third kappa shape index (κ3) is 2.79. The first-order valence-corrected chi connectivity index (χ1v) is 6.03. The van der Waals surface area contributed by atoms with Crippen LogP contribution < -0.4 is 0 Å². The van der Waals surface area contributed by atoms with E-state index in [9.17, 15) is 14.0 Å². The largest absolute Gasteiger partial charge is 0.278 e. The van der Waals surface area contributed by atoms with Crippen molar-refractivity contribution in [2.75, 3.05) is 0 Å². The molecule has 98 valence electrons. The van der Waals surface area contributed by atoms with Gasteiger partial charge in [0, 0.05) is 18.4 Å². The van der Waals surface area contributed by atoms with Crippen LogP contribution in [-0.4, -0.2) is 16.7 Å². The number of nitrogens with zero attached hydrogens (tertiary/aromatic N) is 2. The molecule has 1 aliphatic heterocycles. The van der Waals surface area contributed by atoms with Crippen LogP contribution in [0.2, 0.25) is 0 Å². The number of likely N-dealkylation sites (tertiary alicyclic amines) is 1. The Kier molecular flexibility index (Phi) is 3.61. The Morgan fingerprint density at radius 1 is 1.37 bits per heavy atom. The summed E-state index contributed by atoms with van der Waals surface area (Å²) in [6.45, 7) is 1.73. The average Bonchev–Trinajstić information content (AvgIpc) is 2.35. The minimum Gasteiger partial charge on any atom is -0.278 e. The Labute approximate surface area is 110 Å². The summed E-state index contributed by atoms with van der Waals surface area (Å²) in [6.07, 6.45) is 0.594. The summed E-state index contributed by atoms with van der Waals surface area (Å²) in [7, 11) is 0. The van der Waals surface area contributed by atoms with Crippen molar-refractivity contribution < 1.29 is 14.0 Å². The second-order valence-electron chi connectivity index (χ2n) is 4.81. The van der Waals surface area contributed by atoms with Crippen LogP contribution in [0.1, 0.15) is 30.9 Å². The van der Waals surface area contributed by atoms with Crippen molar-refractivity contribution in [3.8, 4) is 6.07 Å². The number of hydrogen-bond donors (Lipinski definition) is 0. The molecular formula is C14H13FN2O2. The maximum atomic E-state index is 13.6. The Balaban J connectivity index is 2.23. The topological polar surface area (TPSA) is 61.2 Å². The lowest BCUT2D eigenvalue weighted by Crippen LogP contribution is -2.42. The standard InChI is InChI=1S/C14H13FN2O2/c1-9-4-13(18)17(14(19)5-9)8-11-6-10(7-16)2-3-12(11)15/h2-3,6,9H,4-5,8H2,1H3. The van der Waals surface area contributed by atoms with E-state index in [1.165, 1.54) is 18.2 Å². The van der Waals surface area contributed by atoms with Crippen molar-refractivity contribution in [3.05, 3.63) is 35.1 Å². The summed E-state index contributed by atoms with van der Waals surface area (Å²) in [5, 5.41) is 8.78. The van der Waals surface area contributed by atoms with Crippen molar-refractivity contribution in [3.63, 3.8) is 0 Å². The summed E-state index contributed by atoms with van der Waals surface area (Å²) in [5.74, 6) is -1.05. The van der Waals surface area contributed by atoms with E-state index in [-0.39, 0.29) is 29.8 Å². The van der Waals surface area contributed by atoms with E-state index in [1.54, 1.807) is 0 Å². The van der Waals surface area contributed by atoms with E-state index in [0.717, 1.165) is 4.90 Å². The fraction of sp³-hybridized carbons (Fsp3) is 0.357. The van der Waals surface area contributed by atoms with Gasteiger partial charge in [-0.05, 0) is 24.1 Å². The normalized spacial score (nSPS) is 16.6. The fourth-order valence-corrected chi connectivity index (χ4v) is 2.14. The zero-order chi connectivity index (χ0) is 14.0. The fourth-order valence-electron chi connectivity index (χ4n) is 2.14. The average molecular weight is 260 g/mol. The first kappa shape index (κ1) is 13.2. The lowest BCUT2D eigenvalue weighted by Gasteiger charge is -2.28. The van der Waals surface area contributed by atoms with Crippen LogP contribution in [0, 0.1) is 23.1 Å². The molecule has 4 nitrogen and oxygen atoms in total. The van der Waals surface area contributed by atoms with Gasteiger partial charge in [0.1, 0.15) is 5.82 Å². The molecule has 0 unspecified atom stereocenters. The summed E-state index contributed by atoms with van der Waals surface area (Å²) in [4.78, 5) is 24.7. The van der Waals surface area contributed by atoms with Crippen molar-refractivity contribution in [1.29, 1.82) is 5.26 Å². The lowest BCUT2D eigenvalue weighted by atomic mass is 9.97. The Bertz CT molecular complexity index is 559. The van der Waals surface area contributed by atoms with Crippen LogP contribution in [0.4, 0.5) is 4.39 Å². The highest BCUT2D eigenvalue weighted by atomic mass is 19.1. The van der Waals surface area contributed by atoms with Crippen molar-refractivity contribution >= 4 is 11.8 Å². The van der Waals surface area contributed by atoms with Gasteiger partial charge in [0.2, 0.25) is 11.8 Å². The maximum Gasteiger partial charge on any atom is 0.229 e. The number of amides is 2. The lowest BCUT2D eigenvalue weighted by molar-refractivity contribution is -0.150. The molecule has 1 saturated heterocycles. The second-order valence-corrected chi connectivity index (χ2v) is 4.81. The molecule has 0 spiro atoms. The molecule has 0 N–H and O–H groups in total. The number of halogens is 1. The zero-order valence-corrected chi connectivity index (χ0v) is 10.5. The third-order valence-corrected chi connectivity index (χ3v) is 3.15. The molecule has 2 rings (SSSR count). The molecule has 0 bridgehead atoms. The predicted octanol–water partition coefficient (Wildman–Crippen LogP) is 1.98. The summed E-state index contributed by atoms with van der Waals surface area (Å²) < 4.78 is 13.6. The van der Waals surface area contributed by atoms with E-state index in [1.807, 2.05) is 13.0 Å². The number of imide groups is 1. The van der Waals surface area contributed by atoms with Gasteiger partial charge in [0.05, 0.1) is 18.2 Å². The molecule has 5 heteroatoms. The number of rotatable bonds is 2. The SMILES string of the molecule is CC1CC(=O)N(Cc2cc(C#N)ccc2F)C(=O)C1. The molecular weight excluding hydrogens is 247 g/mol. The number of carbonyl (C=O) groups is 2. The van der Waals surface area contributed by atoms with E-state index >= 15 is 0 Å². The first-order chi connectivity index (χ1) is 9.01.